The number of hydrogen-bond acceptors (Lipinski definition) is 3. The second kappa shape index (κ2) is 5.90. The first-order valence-corrected chi connectivity index (χ1v) is 7.52. The average molecular weight is 305 g/mol. The van der Waals surface area contributed by atoms with Crippen LogP contribution in [0.4, 0.5) is 0 Å². The molecule has 1 aliphatic carbocycles. The summed E-state index contributed by atoms with van der Waals surface area (Å²) in [6.07, 6.45) is 5.81. The van der Waals surface area contributed by atoms with E-state index in [2.05, 4.69) is 10.5 Å². The molecule has 0 atom stereocenters. The fraction of sp³-hybridized carbons (Fsp3) is 0.375. The summed E-state index contributed by atoms with van der Waals surface area (Å²) in [7, 11) is 0. The highest BCUT2D eigenvalue weighted by Gasteiger charge is 2.37. The van der Waals surface area contributed by atoms with Crippen molar-refractivity contribution >= 4 is 17.5 Å². The fourth-order valence-corrected chi connectivity index (χ4v) is 3.25. The van der Waals surface area contributed by atoms with Crippen LogP contribution in [0.3, 0.4) is 0 Å². The number of nitrogens with one attached hydrogen (secondary N) is 1. The van der Waals surface area contributed by atoms with Gasteiger partial charge in [-0.2, -0.15) is 0 Å². The number of nitrogens with zero attached hydrogens (tertiary/aromatic N) is 1. The number of carbonyl (C=O) groups is 1. The maximum Gasteiger partial charge on any atom is 0.226 e. The Morgan fingerprint density at radius 1 is 1.33 bits per heavy atom. The Balaban J connectivity index is 1.79. The lowest BCUT2D eigenvalue weighted by Gasteiger charge is -2.31. The van der Waals surface area contributed by atoms with E-state index in [0.29, 0.717) is 10.7 Å². The molecule has 1 saturated carbocycles. The third-order valence-corrected chi connectivity index (χ3v) is 4.28. The number of rotatable bonds is 4. The normalized spacial score (nSPS) is 16.8. The van der Waals surface area contributed by atoms with Gasteiger partial charge in [-0.15, -0.1) is 0 Å². The smallest absolute Gasteiger partial charge is 0.226 e. The molecule has 110 valence electrons. The summed E-state index contributed by atoms with van der Waals surface area (Å²) in [4.78, 5) is 12.3. The third kappa shape index (κ3) is 3.10. The molecule has 0 aliphatic heterocycles. The van der Waals surface area contributed by atoms with Crippen molar-refractivity contribution in [1.29, 1.82) is 0 Å². The molecule has 4 nitrogen and oxygen atoms in total. The van der Waals surface area contributed by atoms with Gasteiger partial charge in [0.2, 0.25) is 5.91 Å². The average Bonchev–Trinajstić information content (AvgIpc) is 3.11. The van der Waals surface area contributed by atoms with E-state index in [1.165, 1.54) is 6.26 Å². The van der Waals surface area contributed by atoms with Crippen molar-refractivity contribution in [3.8, 4) is 0 Å². The number of hydrogen-bond donors (Lipinski definition) is 1. The van der Waals surface area contributed by atoms with Crippen molar-refractivity contribution in [2.45, 2.75) is 37.6 Å². The lowest BCUT2D eigenvalue weighted by atomic mass is 9.88. The summed E-state index contributed by atoms with van der Waals surface area (Å²) >= 11 is 6.10. The van der Waals surface area contributed by atoms with Crippen LogP contribution in [-0.2, 0) is 16.8 Å². The molecule has 0 radical (unpaired) electrons. The maximum absolute atomic E-state index is 12.3. The van der Waals surface area contributed by atoms with E-state index in [1.807, 2.05) is 24.3 Å². The molecule has 1 fully saturated rings. The predicted molar refractivity (Wildman–Crippen MR) is 79.9 cm³/mol. The first-order chi connectivity index (χ1) is 10.2. The highest BCUT2D eigenvalue weighted by molar-refractivity contribution is 6.30. The van der Waals surface area contributed by atoms with E-state index >= 15 is 0 Å². The molecule has 3 rings (SSSR count). The quantitative estimate of drug-likeness (QED) is 0.941. The summed E-state index contributed by atoms with van der Waals surface area (Å²) < 4.78 is 4.76. The number of carbonyl (C=O) groups excluding carboxylic acids is 1. The van der Waals surface area contributed by atoms with Crippen LogP contribution in [0.1, 0.15) is 36.9 Å². The van der Waals surface area contributed by atoms with Gasteiger partial charge >= 0.3 is 0 Å². The molecule has 1 amide bonds. The number of amides is 1. The standard InChI is InChI=1S/C16H17ClN2O2/c17-13-5-3-4-12(10-13)16(7-1-2-8-16)18-15(20)11-14-6-9-21-19-14/h3-6,9-10H,1-2,7-8,11H2,(H,18,20). The topological polar surface area (TPSA) is 55.1 Å². The Labute approximate surface area is 128 Å². The Kier molecular flexibility index (Phi) is 3.97. The highest BCUT2D eigenvalue weighted by Crippen LogP contribution is 2.39. The van der Waals surface area contributed by atoms with Crippen molar-refractivity contribution in [1.82, 2.24) is 10.5 Å². The number of aromatic nitrogens is 1. The van der Waals surface area contributed by atoms with E-state index in [4.69, 9.17) is 16.1 Å². The van der Waals surface area contributed by atoms with Crippen molar-refractivity contribution in [2.24, 2.45) is 0 Å². The van der Waals surface area contributed by atoms with Gasteiger partial charge in [0.05, 0.1) is 17.7 Å². The van der Waals surface area contributed by atoms with Crippen LogP contribution in [0.25, 0.3) is 0 Å². The van der Waals surface area contributed by atoms with Crippen LogP contribution >= 0.6 is 11.6 Å². The minimum atomic E-state index is -0.300. The van der Waals surface area contributed by atoms with Crippen LogP contribution in [0, 0.1) is 0 Å². The summed E-state index contributed by atoms with van der Waals surface area (Å²) in [5.41, 5.74) is 1.43. The Bertz CT molecular complexity index is 619. The van der Waals surface area contributed by atoms with E-state index in [1.54, 1.807) is 6.07 Å². The summed E-state index contributed by atoms with van der Waals surface area (Å²) in [5.74, 6) is -0.0363. The molecule has 5 heteroatoms. The number of benzene rings is 1. The van der Waals surface area contributed by atoms with Gasteiger partial charge in [0.1, 0.15) is 6.26 Å². The van der Waals surface area contributed by atoms with Gasteiger partial charge in [0, 0.05) is 11.1 Å². The van der Waals surface area contributed by atoms with Crippen molar-refractivity contribution < 1.29 is 9.32 Å². The second-order valence-corrected chi connectivity index (χ2v) is 5.95. The molecule has 2 aromatic rings. The summed E-state index contributed by atoms with van der Waals surface area (Å²) in [6.45, 7) is 0. The van der Waals surface area contributed by atoms with Gasteiger partial charge in [-0.25, -0.2) is 0 Å². The second-order valence-electron chi connectivity index (χ2n) is 5.52. The maximum atomic E-state index is 12.3. The summed E-state index contributed by atoms with van der Waals surface area (Å²) in [5, 5.41) is 7.68. The molecule has 1 aliphatic rings. The van der Waals surface area contributed by atoms with Crippen LogP contribution in [0.15, 0.2) is 41.1 Å². The van der Waals surface area contributed by atoms with Gasteiger partial charge in [0.15, 0.2) is 0 Å². The molecule has 0 saturated heterocycles. The zero-order chi connectivity index (χ0) is 14.7. The van der Waals surface area contributed by atoms with Gasteiger partial charge in [-0.1, -0.05) is 41.7 Å². The molecule has 0 unspecified atom stereocenters. The Morgan fingerprint density at radius 3 is 2.81 bits per heavy atom. The molecule has 1 aromatic heterocycles. The minimum Gasteiger partial charge on any atom is -0.364 e. The molecule has 1 N–H and O–H groups in total. The van der Waals surface area contributed by atoms with Crippen LogP contribution < -0.4 is 5.32 Å². The zero-order valence-corrected chi connectivity index (χ0v) is 12.4. The number of halogens is 1. The van der Waals surface area contributed by atoms with E-state index < -0.39 is 0 Å². The molecule has 21 heavy (non-hydrogen) atoms. The lowest BCUT2D eigenvalue weighted by Crippen LogP contribution is -2.44. The highest BCUT2D eigenvalue weighted by atomic mass is 35.5. The Morgan fingerprint density at radius 2 is 2.14 bits per heavy atom. The van der Waals surface area contributed by atoms with Crippen molar-refractivity contribution in [3.05, 3.63) is 52.9 Å². The monoisotopic (exact) mass is 304 g/mol. The molecule has 1 heterocycles. The van der Waals surface area contributed by atoms with E-state index in [9.17, 15) is 4.79 Å². The van der Waals surface area contributed by atoms with Crippen LogP contribution in [0.2, 0.25) is 5.02 Å². The summed E-state index contributed by atoms with van der Waals surface area (Å²) in [6, 6.07) is 9.48. The first kappa shape index (κ1) is 14.1. The third-order valence-electron chi connectivity index (χ3n) is 4.05. The lowest BCUT2D eigenvalue weighted by molar-refractivity contribution is -0.122. The molecule has 0 bridgehead atoms. The van der Waals surface area contributed by atoms with Crippen LogP contribution in [0.5, 0.6) is 0 Å². The zero-order valence-electron chi connectivity index (χ0n) is 11.6. The fourth-order valence-electron chi connectivity index (χ4n) is 3.05. The van der Waals surface area contributed by atoms with E-state index in [0.717, 1.165) is 31.2 Å². The van der Waals surface area contributed by atoms with Crippen molar-refractivity contribution in [3.63, 3.8) is 0 Å². The molecular formula is C16H17ClN2O2. The molecule has 0 spiro atoms. The van der Waals surface area contributed by atoms with Crippen molar-refractivity contribution in [2.75, 3.05) is 0 Å². The van der Waals surface area contributed by atoms with Gasteiger partial charge < -0.3 is 9.84 Å². The van der Waals surface area contributed by atoms with Crippen LogP contribution in [-0.4, -0.2) is 11.1 Å². The van der Waals surface area contributed by atoms with Gasteiger partial charge in [-0.3, -0.25) is 4.79 Å². The van der Waals surface area contributed by atoms with E-state index in [-0.39, 0.29) is 17.9 Å². The van der Waals surface area contributed by atoms with Gasteiger partial charge in [-0.05, 0) is 30.5 Å². The Hall–Kier alpha value is -1.81. The largest absolute Gasteiger partial charge is 0.364 e. The molecular weight excluding hydrogens is 288 g/mol. The minimum absolute atomic E-state index is 0.0363. The SMILES string of the molecule is O=C(Cc1ccon1)NC1(c2cccc(Cl)c2)CCCC1. The molecule has 1 aromatic carbocycles. The van der Waals surface area contributed by atoms with Gasteiger partial charge in [0.25, 0.3) is 0 Å². The first-order valence-electron chi connectivity index (χ1n) is 7.14. The predicted octanol–water partition coefficient (Wildman–Crippen LogP) is 3.46.